The predicted molar refractivity (Wildman–Crippen MR) is 102 cm³/mol. The molecule has 1 amide bonds. The van der Waals surface area contributed by atoms with Gasteiger partial charge in [-0.1, -0.05) is 26.8 Å². The summed E-state index contributed by atoms with van der Waals surface area (Å²) >= 11 is 0. The molecule has 28 heavy (non-hydrogen) atoms. The molecule has 0 aliphatic rings. The molecule has 2 aromatic heterocycles. The first-order valence-corrected chi connectivity index (χ1v) is 9.02. The number of fused-ring (bicyclic) bond motifs is 1. The van der Waals surface area contributed by atoms with Gasteiger partial charge in [-0.2, -0.15) is 0 Å². The second-order valence-electron chi connectivity index (χ2n) is 7.72. The van der Waals surface area contributed by atoms with Crippen LogP contribution in [0.1, 0.15) is 44.4 Å². The van der Waals surface area contributed by atoms with E-state index in [-0.39, 0.29) is 24.3 Å². The zero-order valence-electron chi connectivity index (χ0n) is 16.1. The minimum atomic E-state index is -0.660. The first-order valence-electron chi connectivity index (χ1n) is 9.02. The first-order chi connectivity index (χ1) is 13.2. The fourth-order valence-corrected chi connectivity index (χ4v) is 3.29. The number of hydrogen-bond donors (Lipinski definition) is 1. The monoisotopic (exact) mass is 387 g/mol. The Bertz CT molecular complexity index is 985. The number of aromatic nitrogens is 2. The third kappa shape index (κ3) is 3.98. The molecule has 0 aliphatic heterocycles. The van der Waals surface area contributed by atoms with Crippen molar-refractivity contribution in [3.05, 3.63) is 65.6 Å². The van der Waals surface area contributed by atoms with E-state index in [1.165, 1.54) is 0 Å². The molecule has 0 saturated carbocycles. The summed E-state index contributed by atoms with van der Waals surface area (Å²) in [6.07, 6.45) is 3.65. The van der Waals surface area contributed by atoms with E-state index in [9.17, 15) is 13.6 Å². The minimum absolute atomic E-state index is 0.0144. The summed E-state index contributed by atoms with van der Waals surface area (Å²) in [5.41, 5.74) is 6.26. The van der Waals surface area contributed by atoms with Gasteiger partial charge in [0.15, 0.2) is 0 Å². The Labute approximate surface area is 162 Å². The van der Waals surface area contributed by atoms with Crippen LogP contribution in [0.3, 0.4) is 0 Å². The van der Waals surface area contributed by atoms with E-state index in [0.29, 0.717) is 11.3 Å². The SMILES string of the molecule is CC(C)(C)c1c(F)cc(OCCC(C(N)=O)c2cnc3ccccn23)cc1F. The normalized spacial score (nSPS) is 12.9. The molecule has 3 aromatic rings. The van der Waals surface area contributed by atoms with E-state index < -0.39 is 28.9 Å². The number of hydrogen-bond acceptors (Lipinski definition) is 3. The average molecular weight is 387 g/mol. The highest BCUT2D eigenvalue weighted by molar-refractivity contribution is 5.81. The second-order valence-corrected chi connectivity index (χ2v) is 7.72. The Kier molecular flexibility index (Phi) is 5.36. The second kappa shape index (κ2) is 7.58. The molecule has 0 bridgehead atoms. The van der Waals surface area contributed by atoms with E-state index in [0.717, 1.165) is 12.1 Å². The summed E-state index contributed by atoms with van der Waals surface area (Å²) in [4.78, 5) is 16.2. The number of rotatable bonds is 6. The van der Waals surface area contributed by atoms with Crippen LogP contribution < -0.4 is 10.5 Å². The zero-order valence-corrected chi connectivity index (χ0v) is 16.1. The molecular weight excluding hydrogens is 364 g/mol. The maximum Gasteiger partial charge on any atom is 0.226 e. The van der Waals surface area contributed by atoms with Gasteiger partial charge in [-0.05, 0) is 24.0 Å². The van der Waals surface area contributed by atoms with Gasteiger partial charge in [0.1, 0.15) is 23.0 Å². The number of pyridine rings is 1. The average Bonchev–Trinajstić information content (AvgIpc) is 3.00. The summed E-state index contributed by atoms with van der Waals surface area (Å²) in [7, 11) is 0. The van der Waals surface area contributed by atoms with Crippen LogP contribution in [-0.2, 0) is 10.2 Å². The summed E-state index contributed by atoms with van der Waals surface area (Å²) in [5.74, 6) is -2.40. The van der Waals surface area contributed by atoms with Crippen LogP contribution in [0.2, 0.25) is 0 Å². The number of halogens is 2. The van der Waals surface area contributed by atoms with Gasteiger partial charge in [-0.3, -0.25) is 4.79 Å². The van der Waals surface area contributed by atoms with Gasteiger partial charge in [0.25, 0.3) is 0 Å². The van der Waals surface area contributed by atoms with E-state index in [4.69, 9.17) is 10.5 Å². The summed E-state index contributed by atoms with van der Waals surface area (Å²) < 4.78 is 35.9. The molecule has 2 heterocycles. The van der Waals surface area contributed by atoms with E-state index in [2.05, 4.69) is 4.98 Å². The van der Waals surface area contributed by atoms with Crippen molar-refractivity contribution >= 4 is 11.6 Å². The number of amides is 1. The number of nitrogens with zero attached hydrogens (tertiary/aromatic N) is 2. The molecule has 0 spiro atoms. The van der Waals surface area contributed by atoms with Crippen molar-refractivity contribution in [3.63, 3.8) is 0 Å². The lowest BCUT2D eigenvalue weighted by Crippen LogP contribution is -2.24. The van der Waals surface area contributed by atoms with Crippen LogP contribution in [0, 0.1) is 11.6 Å². The van der Waals surface area contributed by atoms with Crippen LogP contribution in [0.4, 0.5) is 8.78 Å². The van der Waals surface area contributed by atoms with E-state index >= 15 is 0 Å². The van der Waals surface area contributed by atoms with Crippen LogP contribution in [-0.4, -0.2) is 21.9 Å². The summed E-state index contributed by atoms with van der Waals surface area (Å²) in [5, 5.41) is 0. The zero-order chi connectivity index (χ0) is 20.5. The van der Waals surface area contributed by atoms with Gasteiger partial charge in [0.2, 0.25) is 5.91 Å². The molecule has 7 heteroatoms. The highest BCUT2D eigenvalue weighted by Crippen LogP contribution is 2.31. The van der Waals surface area contributed by atoms with Gasteiger partial charge in [0.05, 0.1) is 18.2 Å². The lowest BCUT2D eigenvalue weighted by atomic mass is 9.86. The van der Waals surface area contributed by atoms with Gasteiger partial charge in [-0.15, -0.1) is 0 Å². The highest BCUT2D eigenvalue weighted by Gasteiger charge is 2.25. The summed E-state index contributed by atoms with van der Waals surface area (Å²) in [6.45, 7) is 5.29. The molecule has 5 nitrogen and oxygen atoms in total. The van der Waals surface area contributed by atoms with Crippen molar-refractivity contribution in [3.8, 4) is 5.75 Å². The molecule has 2 N–H and O–H groups in total. The molecule has 1 aromatic carbocycles. The number of imidazole rings is 1. The van der Waals surface area contributed by atoms with Crippen molar-refractivity contribution < 1.29 is 18.3 Å². The minimum Gasteiger partial charge on any atom is -0.493 e. The smallest absolute Gasteiger partial charge is 0.226 e. The number of carbonyl (C=O) groups is 1. The van der Waals surface area contributed by atoms with E-state index in [1.54, 1.807) is 37.6 Å². The summed E-state index contributed by atoms with van der Waals surface area (Å²) in [6, 6.07) is 7.82. The molecule has 0 aliphatic carbocycles. The van der Waals surface area contributed by atoms with Crippen LogP contribution in [0.15, 0.2) is 42.7 Å². The maximum absolute atomic E-state index is 14.3. The fourth-order valence-electron chi connectivity index (χ4n) is 3.29. The number of carbonyl (C=O) groups excluding carboxylic acids is 1. The van der Waals surface area contributed by atoms with Crippen molar-refractivity contribution in [1.82, 2.24) is 9.38 Å². The number of benzene rings is 1. The Hall–Kier alpha value is -2.96. The van der Waals surface area contributed by atoms with Crippen molar-refractivity contribution in [1.29, 1.82) is 0 Å². The van der Waals surface area contributed by atoms with Crippen molar-refractivity contribution in [2.24, 2.45) is 5.73 Å². The van der Waals surface area contributed by atoms with Crippen LogP contribution in [0.25, 0.3) is 5.65 Å². The Morgan fingerprint density at radius 1 is 1.25 bits per heavy atom. The molecule has 148 valence electrons. The van der Waals surface area contributed by atoms with E-state index in [1.807, 2.05) is 18.2 Å². The molecule has 0 fully saturated rings. The van der Waals surface area contributed by atoms with Crippen LogP contribution >= 0.6 is 0 Å². The maximum atomic E-state index is 14.3. The number of primary amides is 1. The highest BCUT2D eigenvalue weighted by atomic mass is 19.1. The third-order valence-electron chi connectivity index (χ3n) is 4.59. The van der Waals surface area contributed by atoms with Gasteiger partial charge < -0.3 is 14.9 Å². The molecule has 1 atom stereocenters. The van der Waals surface area contributed by atoms with Gasteiger partial charge >= 0.3 is 0 Å². The molecule has 3 rings (SSSR count). The van der Waals surface area contributed by atoms with Crippen molar-refractivity contribution in [2.45, 2.75) is 38.5 Å². The number of ether oxygens (including phenoxy) is 1. The molecule has 1 unspecified atom stereocenters. The predicted octanol–water partition coefficient (Wildman–Crippen LogP) is 3.95. The van der Waals surface area contributed by atoms with Gasteiger partial charge in [-0.25, -0.2) is 13.8 Å². The molecular formula is C21H23F2N3O2. The Balaban J connectivity index is 1.75. The van der Waals surface area contributed by atoms with Crippen LogP contribution in [0.5, 0.6) is 5.75 Å². The lowest BCUT2D eigenvalue weighted by Gasteiger charge is -2.21. The molecule has 0 radical (unpaired) electrons. The fraction of sp³-hybridized carbons (Fsp3) is 0.333. The first kappa shape index (κ1) is 19.8. The van der Waals surface area contributed by atoms with Crippen molar-refractivity contribution in [2.75, 3.05) is 6.61 Å². The number of nitrogens with two attached hydrogens (primary N) is 1. The van der Waals surface area contributed by atoms with Gasteiger partial charge in [0, 0.05) is 30.1 Å². The lowest BCUT2D eigenvalue weighted by molar-refractivity contribution is -0.119. The standard InChI is InChI=1S/C21H23F2N3O2/c1-21(2,3)19-15(22)10-13(11-16(19)23)28-9-7-14(20(24)27)17-12-25-18-6-4-5-8-26(17)18/h4-6,8,10-12,14H,7,9H2,1-3H3,(H2,24,27). The Morgan fingerprint density at radius 3 is 2.54 bits per heavy atom. The largest absolute Gasteiger partial charge is 0.493 e. The third-order valence-corrected chi connectivity index (χ3v) is 4.59. The molecule has 0 saturated heterocycles. The topological polar surface area (TPSA) is 69.6 Å². The Morgan fingerprint density at radius 2 is 1.93 bits per heavy atom. The quantitative estimate of drug-likeness (QED) is 0.696.